The molecule has 0 N–H and O–H groups in total. The summed E-state index contributed by atoms with van der Waals surface area (Å²) < 4.78 is 7.08. The van der Waals surface area contributed by atoms with Gasteiger partial charge in [-0.3, -0.25) is 4.79 Å². The normalized spacial score (nSPS) is 21.4. The molecular formula is C17H23BrO2. The highest BCUT2D eigenvalue weighted by Crippen LogP contribution is 2.37. The Labute approximate surface area is 130 Å². The quantitative estimate of drug-likeness (QED) is 0.637. The third kappa shape index (κ3) is 3.85. The minimum absolute atomic E-state index is 0.204. The first-order chi connectivity index (χ1) is 9.54. The van der Waals surface area contributed by atoms with E-state index in [9.17, 15) is 4.79 Å². The van der Waals surface area contributed by atoms with Crippen molar-refractivity contribution in [2.45, 2.75) is 64.4 Å². The molecule has 1 aliphatic heterocycles. The second kappa shape index (κ2) is 6.75. The van der Waals surface area contributed by atoms with Crippen molar-refractivity contribution in [3.05, 3.63) is 28.2 Å². The van der Waals surface area contributed by atoms with E-state index in [1.165, 1.54) is 25.7 Å². The maximum Gasteiger partial charge on any atom is 0.170 e. The van der Waals surface area contributed by atoms with Crippen molar-refractivity contribution in [2.75, 3.05) is 0 Å². The zero-order valence-corrected chi connectivity index (χ0v) is 14.0. The Kier molecular flexibility index (Phi) is 5.25. The predicted octanol–water partition coefficient (Wildman–Crippen LogP) is 5.53. The molecule has 110 valence electrons. The second-order valence-corrected chi connectivity index (χ2v) is 6.87. The number of benzene rings is 1. The van der Waals surface area contributed by atoms with Gasteiger partial charge in [-0.1, -0.05) is 48.5 Å². The van der Waals surface area contributed by atoms with Crippen molar-refractivity contribution >= 4 is 21.7 Å². The number of fused-ring (bicyclic) bond motifs is 1. The van der Waals surface area contributed by atoms with Crippen molar-refractivity contribution in [1.82, 2.24) is 0 Å². The summed E-state index contributed by atoms with van der Waals surface area (Å²) in [7, 11) is 0. The Morgan fingerprint density at radius 3 is 2.75 bits per heavy atom. The lowest BCUT2D eigenvalue weighted by Gasteiger charge is -2.35. The molecule has 0 spiro atoms. The molecule has 1 aromatic rings. The largest absolute Gasteiger partial charge is 0.486 e. The lowest BCUT2D eigenvalue weighted by atomic mass is 9.87. The van der Waals surface area contributed by atoms with Crippen LogP contribution in [0.5, 0.6) is 5.75 Å². The molecule has 0 saturated heterocycles. The lowest BCUT2D eigenvalue weighted by molar-refractivity contribution is 0.0452. The molecule has 20 heavy (non-hydrogen) atoms. The summed E-state index contributed by atoms with van der Waals surface area (Å²) in [5.74, 6) is 0.932. The molecule has 0 bridgehead atoms. The first-order valence-corrected chi connectivity index (χ1v) is 8.35. The Morgan fingerprint density at radius 1 is 1.25 bits per heavy atom. The molecule has 1 heterocycles. The Bertz CT molecular complexity index is 484. The van der Waals surface area contributed by atoms with Crippen LogP contribution >= 0.6 is 15.9 Å². The van der Waals surface area contributed by atoms with Crippen LogP contribution < -0.4 is 4.74 Å². The lowest BCUT2D eigenvalue weighted by Crippen LogP contribution is -2.39. The number of ketones is 1. The highest BCUT2D eigenvalue weighted by Gasteiger charge is 2.35. The number of ether oxygens (including phenoxy) is 1. The van der Waals surface area contributed by atoms with Crippen molar-refractivity contribution in [3.63, 3.8) is 0 Å². The van der Waals surface area contributed by atoms with Crippen molar-refractivity contribution in [1.29, 1.82) is 0 Å². The summed E-state index contributed by atoms with van der Waals surface area (Å²) in [6.07, 6.45) is 7.64. The fraction of sp³-hybridized carbons (Fsp3) is 0.588. The van der Waals surface area contributed by atoms with E-state index in [1.54, 1.807) is 0 Å². The highest BCUT2D eigenvalue weighted by atomic mass is 79.9. The van der Waals surface area contributed by atoms with E-state index in [0.29, 0.717) is 6.42 Å². The minimum Gasteiger partial charge on any atom is -0.486 e. The van der Waals surface area contributed by atoms with Gasteiger partial charge in [0.2, 0.25) is 0 Å². The maximum absolute atomic E-state index is 12.3. The monoisotopic (exact) mass is 338 g/mol. The van der Waals surface area contributed by atoms with Gasteiger partial charge in [-0.15, -0.1) is 0 Å². The van der Waals surface area contributed by atoms with E-state index in [0.717, 1.165) is 28.6 Å². The second-order valence-electron chi connectivity index (χ2n) is 5.96. The number of rotatable bonds is 6. The van der Waals surface area contributed by atoms with Gasteiger partial charge < -0.3 is 4.74 Å². The SMILES string of the molecule is CCCCCCCC1(C)CC(=O)c2ccc(Br)cc2O1. The number of carbonyl (C=O) groups is 1. The van der Waals surface area contributed by atoms with Gasteiger partial charge >= 0.3 is 0 Å². The van der Waals surface area contributed by atoms with Crippen LogP contribution in [0.1, 0.15) is 69.2 Å². The molecule has 1 unspecified atom stereocenters. The van der Waals surface area contributed by atoms with E-state index < -0.39 is 0 Å². The van der Waals surface area contributed by atoms with E-state index in [-0.39, 0.29) is 11.4 Å². The highest BCUT2D eigenvalue weighted by molar-refractivity contribution is 9.10. The van der Waals surface area contributed by atoms with E-state index >= 15 is 0 Å². The van der Waals surface area contributed by atoms with Gasteiger partial charge in [0.05, 0.1) is 12.0 Å². The fourth-order valence-corrected chi connectivity index (χ4v) is 3.13. The van der Waals surface area contributed by atoms with E-state index in [1.807, 2.05) is 18.2 Å². The van der Waals surface area contributed by atoms with Gasteiger partial charge in [0, 0.05) is 4.47 Å². The summed E-state index contributed by atoms with van der Waals surface area (Å²) in [5, 5.41) is 0. The molecule has 0 amide bonds. The molecule has 0 saturated carbocycles. The van der Waals surface area contributed by atoms with Crippen LogP contribution in [0.3, 0.4) is 0 Å². The van der Waals surface area contributed by atoms with Crippen molar-refractivity contribution in [3.8, 4) is 5.75 Å². The molecule has 1 aromatic carbocycles. The van der Waals surface area contributed by atoms with Crippen LogP contribution in [-0.2, 0) is 0 Å². The van der Waals surface area contributed by atoms with Gasteiger partial charge in [-0.25, -0.2) is 0 Å². The Balaban J connectivity index is 1.99. The van der Waals surface area contributed by atoms with Crippen molar-refractivity contribution in [2.24, 2.45) is 0 Å². The smallest absolute Gasteiger partial charge is 0.170 e. The predicted molar refractivity (Wildman–Crippen MR) is 85.5 cm³/mol. The third-order valence-electron chi connectivity index (χ3n) is 3.94. The number of Topliss-reactive ketones (excluding diaryl/α,β-unsaturated/α-hetero) is 1. The van der Waals surface area contributed by atoms with Gasteiger partial charge in [0.25, 0.3) is 0 Å². The number of carbonyl (C=O) groups excluding carboxylic acids is 1. The molecule has 1 aliphatic rings. The molecule has 0 aromatic heterocycles. The van der Waals surface area contributed by atoms with Crippen molar-refractivity contribution < 1.29 is 9.53 Å². The van der Waals surface area contributed by atoms with Crippen LogP contribution in [0.15, 0.2) is 22.7 Å². The topological polar surface area (TPSA) is 26.3 Å². The maximum atomic E-state index is 12.3. The van der Waals surface area contributed by atoms with Crippen LogP contribution in [0.4, 0.5) is 0 Å². The molecular weight excluding hydrogens is 316 g/mol. The molecule has 1 atom stereocenters. The average molecular weight is 339 g/mol. The van der Waals surface area contributed by atoms with Gasteiger partial charge in [0.15, 0.2) is 5.78 Å². The number of halogens is 1. The molecule has 0 aliphatic carbocycles. The summed E-state index contributed by atoms with van der Waals surface area (Å²) in [6, 6.07) is 5.65. The summed E-state index contributed by atoms with van der Waals surface area (Å²) in [5.41, 5.74) is 0.383. The van der Waals surface area contributed by atoms with Crippen LogP contribution in [0, 0.1) is 0 Å². The number of unbranched alkanes of at least 4 members (excludes halogenated alkanes) is 4. The van der Waals surface area contributed by atoms with Gasteiger partial charge in [0.1, 0.15) is 11.4 Å². The standard InChI is InChI=1S/C17H23BrO2/c1-3-4-5-6-7-10-17(2)12-15(19)14-9-8-13(18)11-16(14)20-17/h8-9,11H,3-7,10,12H2,1-2H3. The zero-order valence-electron chi connectivity index (χ0n) is 12.4. The van der Waals surface area contributed by atoms with Crippen LogP contribution in [0.25, 0.3) is 0 Å². The number of hydrogen-bond acceptors (Lipinski definition) is 2. The Hall–Kier alpha value is -0.830. The van der Waals surface area contributed by atoms with Gasteiger partial charge in [-0.05, 0) is 38.0 Å². The molecule has 2 nitrogen and oxygen atoms in total. The minimum atomic E-state index is -0.336. The van der Waals surface area contributed by atoms with Gasteiger partial charge in [-0.2, -0.15) is 0 Å². The first-order valence-electron chi connectivity index (χ1n) is 7.56. The first kappa shape index (κ1) is 15.6. The fourth-order valence-electron chi connectivity index (χ4n) is 2.79. The van der Waals surface area contributed by atoms with Crippen LogP contribution in [-0.4, -0.2) is 11.4 Å². The summed E-state index contributed by atoms with van der Waals surface area (Å²) in [4.78, 5) is 12.3. The average Bonchev–Trinajstić information content (AvgIpc) is 2.37. The summed E-state index contributed by atoms with van der Waals surface area (Å²) >= 11 is 3.44. The molecule has 0 fully saturated rings. The molecule has 0 radical (unpaired) electrons. The number of hydrogen-bond donors (Lipinski definition) is 0. The van der Waals surface area contributed by atoms with E-state index in [2.05, 4.69) is 29.8 Å². The van der Waals surface area contributed by atoms with E-state index in [4.69, 9.17) is 4.74 Å². The summed E-state index contributed by atoms with van der Waals surface area (Å²) in [6.45, 7) is 4.29. The zero-order chi connectivity index (χ0) is 14.6. The molecule has 3 heteroatoms. The van der Waals surface area contributed by atoms with Crippen LogP contribution in [0.2, 0.25) is 0 Å². The molecule has 2 rings (SSSR count). The third-order valence-corrected chi connectivity index (χ3v) is 4.44. The Morgan fingerprint density at radius 2 is 2.00 bits per heavy atom.